The van der Waals surface area contributed by atoms with Gasteiger partial charge in [-0.2, -0.15) is 0 Å². The van der Waals surface area contributed by atoms with E-state index < -0.39 is 0 Å². The molecule has 1 aromatic carbocycles. The quantitative estimate of drug-likeness (QED) is 0.769. The van der Waals surface area contributed by atoms with Crippen molar-refractivity contribution in [3.05, 3.63) is 66.0 Å². The van der Waals surface area contributed by atoms with Crippen molar-refractivity contribution >= 4 is 5.78 Å². The SMILES string of the molecule is O=C(Cc1ccccc1)C1OC1c1ccncc1. The van der Waals surface area contributed by atoms with Crippen molar-refractivity contribution in [3.8, 4) is 0 Å². The third-order valence-corrected chi connectivity index (χ3v) is 3.06. The summed E-state index contributed by atoms with van der Waals surface area (Å²) in [5.41, 5.74) is 2.06. The second-order valence-corrected chi connectivity index (χ2v) is 4.39. The fourth-order valence-electron chi connectivity index (χ4n) is 2.06. The van der Waals surface area contributed by atoms with Gasteiger partial charge in [0, 0.05) is 18.8 Å². The Hall–Kier alpha value is -2.00. The minimum Gasteiger partial charge on any atom is -0.356 e. The topological polar surface area (TPSA) is 42.5 Å². The van der Waals surface area contributed by atoms with Crippen LogP contribution in [0, 0.1) is 0 Å². The predicted octanol–water partition coefficient (Wildman–Crippen LogP) is 2.33. The van der Waals surface area contributed by atoms with Crippen LogP contribution in [0.15, 0.2) is 54.9 Å². The van der Waals surface area contributed by atoms with E-state index in [1.807, 2.05) is 42.5 Å². The molecule has 0 aliphatic carbocycles. The number of hydrogen-bond donors (Lipinski definition) is 0. The lowest BCUT2D eigenvalue weighted by molar-refractivity contribution is -0.119. The van der Waals surface area contributed by atoms with E-state index in [4.69, 9.17) is 4.74 Å². The lowest BCUT2D eigenvalue weighted by Gasteiger charge is -1.98. The Morgan fingerprint density at radius 3 is 2.56 bits per heavy atom. The zero-order valence-corrected chi connectivity index (χ0v) is 9.82. The molecule has 1 aliphatic rings. The van der Waals surface area contributed by atoms with Gasteiger partial charge in [0.05, 0.1) is 0 Å². The van der Waals surface area contributed by atoms with Gasteiger partial charge in [-0.25, -0.2) is 0 Å². The average Bonchev–Trinajstić information content (AvgIpc) is 3.21. The van der Waals surface area contributed by atoms with Crippen molar-refractivity contribution in [2.24, 2.45) is 0 Å². The number of ether oxygens (including phenoxy) is 1. The molecule has 2 aromatic rings. The standard InChI is InChI=1S/C15H13NO2/c17-13(10-11-4-2-1-3-5-11)15-14(18-15)12-6-8-16-9-7-12/h1-9,14-15H,10H2. The molecule has 1 aromatic heterocycles. The van der Waals surface area contributed by atoms with E-state index in [9.17, 15) is 4.79 Å². The van der Waals surface area contributed by atoms with Crippen LogP contribution in [-0.4, -0.2) is 16.9 Å². The van der Waals surface area contributed by atoms with Gasteiger partial charge in [0.15, 0.2) is 5.78 Å². The molecule has 3 nitrogen and oxygen atoms in total. The number of ketones is 1. The molecule has 0 saturated carbocycles. The van der Waals surface area contributed by atoms with Gasteiger partial charge >= 0.3 is 0 Å². The van der Waals surface area contributed by atoms with E-state index in [0.717, 1.165) is 11.1 Å². The Bertz CT molecular complexity index is 539. The smallest absolute Gasteiger partial charge is 0.168 e. The summed E-state index contributed by atoms with van der Waals surface area (Å²) in [7, 11) is 0. The predicted molar refractivity (Wildman–Crippen MR) is 67.0 cm³/mol. The molecule has 0 bridgehead atoms. The summed E-state index contributed by atoms with van der Waals surface area (Å²) in [6.07, 6.45) is 3.51. The van der Waals surface area contributed by atoms with Crippen molar-refractivity contribution < 1.29 is 9.53 Å². The number of pyridine rings is 1. The van der Waals surface area contributed by atoms with Gasteiger partial charge in [-0.3, -0.25) is 9.78 Å². The van der Waals surface area contributed by atoms with E-state index in [1.54, 1.807) is 12.4 Å². The van der Waals surface area contributed by atoms with Gasteiger partial charge in [-0.05, 0) is 23.3 Å². The Morgan fingerprint density at radius 2 is 1.83 bits per heavy atom. The number of Topliss-reactive ketones (excluding diaryl/α,β-unsaturated/α-hetero) is 1. The van der Waals surface area contributed by atoms with Crippen molar-refractivity contribution in [2.75, 3.05) is 0 Å². The Kier molecular flexibility index (Phi) is 2.90. The van der Waals surface area contributed by atoms with Gasteiger partial charge in [-0.1, -0.05) is 30.3 Å². The van der Waals surface area contributed by atoms with Crippen LogP contribution in [0.5, 0.6) is 0 Å². The molecule has 2 atom stereocenters. The maximum absolute atomic E-state index is 12.0. The molecule has 2 heterocycles. The second kappa shape index (κ2) is 4.70. The Labute approximate surface area is 105 Å². The van der Waals surface area contributed by atoms with Crippen molar-refractivity contribution in [2.45, 2.75) is 18.6 Å². The number of carbonyl (C=O) groups excluding carboxylic acids is 1. The normalized spacial score (nSPS) is 21.6. The van der Waals surface area contributed by atoms with E-state index in [0.29, 0.717) is 6.42 Å². The molecule has 0 radical (unpaired) electrons. The summed E-state index contributed by atoms with van der Waals surface area (Å²) in [5, 5.41) is 0. The van der Waals surface area contributed by atoms with E-state index in [2.05, 4.69) is 4.98 Å². The highest BCUT2D eigenvalue weighted by molar-refractivity contribution is 5.88. The average molecular weight is 239 g/mol. The molecule has 0 N–H and O–H groups in total. The van der Waals surface area contributed by atoms with Crippen molar-refractivity contribution in [1.29, 1.82) is 0 Å². The molecule has 18 heavy (non-hydrogen) atoms. The van der Waals surface area contributed by atoms with Crippen LogP contribution in [0.2, 0.25) is 0 Å². The first-order chi connectivity index (χ1) is 8.84. The number of nitrogens with zero attached hydrogens (tertiary/aromatic N) is 1. The summed E-state index contributed by atoms with van der Waals surface area (Å²) in [6, 6.07) is 13.5. The Balaban J connectivity index is 1.63. The minimum absolute atomic E-state index is 0.0794. The van der Waals surface area contributed by atoms with E-state index in [1.165, 1.54) is 0 Å². The number of benzene rings is 1. The zero-order valence-electron chi connectivity index (χ0n) is 9.82. The Morgan fingerprint density at radius 1 is 1.11 bits per heavy atom. The van der Waals surface area contributed by atoms with E-state index in [-0.39, 0.29) is 18.0 Å². The summed E-state index contributed by atoms with van der Waals surface area (Å²) in [6.45, 7) is 0. The summed E-state index contributed by atoms with van der Waals surface area (Å²) >= 11 is 0. The monoisotopic (exact) mass is 239 g/mol. The number of epoxide rings is 1. The second-order valence-electron chi connectivity index (χ2n) is 4.39. The molecule has 2 unspecified atom stereocenters. The molecular weight excluding hydrogens is 226 g/mol. The molecule has 1 fully saturated rings. The van der Waals surface area contributed by atoms with Gasteiger partial charge in [0.2, 0.25) is 0 Å². The van der Waals surface area contributed by atoms with Crippen LogP contribution in [0.1, 0.15) is 17.2 Å². The number of aromatic nitrogens is 1. The van der Waals surface area contributed by atoms with Crippen LogP contribution >= 0.6 is 0 Å². The van der Waals surface area contributed by atoms with Gasteiger partial charge in [-0.15, -0.1) is 0 Å². The third-order valence-electron chi connectivity index (χ3n) is 3.06. The lowest BCUT2D eigenvalue weighted by atomic mass is 10.0. The molecule has 3 heteroatoms. The van der Waals surface area contributed by atoms with Gasteiger partial charge in [0.25, 0.3) is 0 Å². The number of carbonyl (C=O) groups is 1. The van der Waals surface area contributed by atoms with Crippen LogP contribution in [-0.2, 0) is 16.0 Å². The van der Waals surface area contributed by atoms with Crippen LogP contribution < -0.4 is 0 Å². The zero-order chi connectivity index (χ0) is 12.4. The highest BCUT2D eigenvalue weighted by Gasteiger charge is 2.45. The summed E-state index contributed by atoms with van der Waals surface area (Å²) in [5.74, 6) is 0.142. The summed E-state index contributed by atoms with van der Waals surface area (Å²) < 4.78 is 5.46. The van der Waals surface area contributed by atoms with E-state index >= 15 is 0 Å². The summed E-state index contributed by atoms with van der Waals surface area (Å²) in [4.78, 5) is 16.0. The number of hydrogen-bond acceptors (Lipinski definition) is 3. The first-order valence-corrected chi connectivity index (χ1v) is 5.96. The molecular formula is C15H13NO2. The first-order valence-electron chi connectivity index (χ1n) is 5.96. The van der Waals surface area contributed by atoms with Crippen LogP contribution in [0.4, 0.5) is 0 Å². The fourth-order valence-corrected chi connectivity index (χ4v) is 2.06. The first kappa shape index (κ1) is 11.1. The molecule has 90 valence electrons. The minimum atomic E-state index is -0.285. The molecule has 0 amide bonds. The largest absolute Gasteiger partial charge is 0.356 e. The molecule has 0 spiro atoms. The fraction of sp³-hybridized carbons (Fsp3) is 0.200. The highest BCUT2D eigenvalue weighted by Crippen LogP contribution is 2.39. The lowest BCUT2D eigenvalue weighted by Crippen LogP contribution is -2.10. The van der Waals surface area contributed by atoms with Crippen molar-refractivity contribution in [1.82, 2.24) is 4.98 Å². The maximum Gasteiger partial charge on any atom is 0.168 e. The molecule has 1 saturated heterocycles. The van der Waals surface area contributed by atoms with Gasteiger partial charge in [0.1, 0.15) is 12.2 Å². The van der Waals surface area contributed by atoms with Crippen molar-refractivity contribution in [3.63, 3.8) is 0 Å². The maximum atomic E-state index is 12.0. The molecule has 3 rings (SSSR count). The molecule has 1 aliphatic heterocycles. The highest BCUT2D eigenvalue weighted by atomic mass is 16.6. The van der Waals surface area contributed by atoms with Crippen LogP contribution in [0.3, 0.4) is 0 Å². The number of rotatable bonds is 4. The third kappa shape index (κ3) is 2.31. The van der Waals surface area contributed by atoms with Crippen LogP contribution in [0.25, 0.3) is 0 Å². The van der Waals surface area contributed by atoms with Gasteiger partial charge < -0.3 is 4.74 Å².